The van der Waals surface area contributed by atoms with Gasteiger partial charge in [-0.25, -0.2) is 0 Å². The minimum atomic E-state index is -0.821. The van der Waals surface area contributed by atoms with Crippen LogP contribution in [0.3, 0.4) is 0 Å². The van der Waals surface area contributed by atoms with Crippen LogP contribution in [0.2, 0.25) is 0 Å². The SMILES string of the molecule is Cc1cc(C(C)(C)C)cc(C)c1C(=O)C(C)(C)N. The molecule has 0 unspecified atom stereocenters. The fourth-order valence-electron chi connectivity index (χ4n) is 2.08. The quantitative estimate of drug-likeness (QED) is 0.812. The van der Waals surface area contributed by atoms with Gasteiger partial charge in [-0.15, -0.1) is 0 Å². The Bertz CT molecular complexity index is 450. The number of carbonyl (C=O) groups is 1. The standard InChI is InChI=1S/C16H25NO/c1-10-8-12(15(3,4)5)9-11(2)13(10)14(18)16(6,7)17/h8-9H,17H2,1-7H3. The topological polar surface area (TPSA) is 43.1 Å². The van der Waals surface area contributed by atoms with Crippen LogP contribution in [0.5, 0.6) is 0 Å². The molecule has 0 saturated carbocycles. The summed E-state index contributed by atoms with van der Waals surface area (Å²) in [6.07, 6.45) is 0. The summed E-state index contributed by atoms with van der Waals surface area (Å²) < 4.78 is 0. The summed E-state index contributed by atoms with van der Waals surface area (Å²) in [5, 5.41) is 0. The molecule has 2 nitrogen and oxygen atoms in total. The number of aryl methyl sites for hydroxylation is 2. The third-order valence-electron chi connectivity index (χ3n) is 3.21. The summed E-state index contributed by atoms with van der Waals surface area (Å²) in [6.45, 7) is 14.0. The highest BCUT2D eigenvalue weighted by atomic mass is 16.1. The Morgan fingerprint density at radius 3 is 1.67 bits per heavy atom. The van der Waals surface area contributed by atoms with Crippen molar-refractivity contribution in [2.45, 2.75) is 59.4 Å². The molecule has 0 aliphatic rings. The molecule has 0 fully saturated rings. The van der Waals surface area contributed by atoms with Crippen molar-refractivity contribution in [1.29, 1.82) is 0 Å². The van der Waals surface area contributed by atoms with Gasteiger partial charge in [-0.05, 0) is 49.8 Å². The van der Waals surface area contributed by atoms with E-state index in [1.807, 2.05) is 13.8 Å². The van der Waals surface area contributed by atoms with Gasteiger partial charge in [-0.1, -0.05) is 32.9 Å². The van der Waals surface area contributed by atoms with Crippen molar-refractivity contribution < 1.29 is 4.79 Å². The Morgan fingerprint density at radius 2 is 1.39 bits per heavy atom. The Hall–Kier alpha value is -1.15. The van der Waals surface area contributed by atoms with Crippen LogP contribution in [0.1, 0.15) is 61.7 Å². The van der Waals surface area contributed by atoms with Crippen molar-refractivity contribution in [2.75, 3.05) is 0 Å². The molecule has 2 N–H and O–H groups in total. The summed E-state index contributed by atoms with van der Waals surface area (Å²) in [4.78, 5) is 12.3. The molecule has 2 heteroatoms. The first kappa shape index (κ1) is 14.9. The lowest BCUT2D eigenvalue weighted by Crippen LogP contribution is -2.42. The second-order valence-electron chi connectivity index (χ2n) is 6.79. The first-order valence-electron chi connectivity index (χ1n) is 6.40. The minimum absolute atomic E-state index is 0.0120. The fraction of sp³-hybridized carbons (Fsp3) is 0.562. The van der Waals surface area contributed by atoms with Crippen molar-refractivity contribution in [3.05, 3.63) is 34.4 Å². The van der Waals surface area contributed by atoms with E-state index < -0.39 is 5.54 Å². The number of hydrogen-bond acceptors (Lipinski definition) is 2. The van der Waals surface area contributed by atoms with Gasteiger partial charge in [0.05, 0.1) is 5.54 Å². The summed E-state index contributed by atoms with van der Waals surface area (Å²) in [5.74, 6) is 0.0120. The van der Waals surface area contributed by atoms with Crippen LogP contribution in [-0.2, 0) is 5.41 Å². The fourth-order valence-corrected chi connectivity index (χ4v) is 2.08. The van der Waals surface area contributed by atoms with E-state index in [2.05, 4.69) is 32.9 Å². The molecule has 1 aromatic rings. The minimum Gasteiger partial charge on any atom is -0.319 e. The average molecular weight is 247 g/mol. The molecular weight excluding hydrogens is 222 g/mol. The van der Waals surface area contributed by atoms with Crippen molar-refractivity contribution in [1.82, 2.24) is 0 Å². The molecule has 0 saturated heterocycles. The Morgan fingerprint density at radius 1 is 1.00 bits per heavy atom. The number of benzene rings is 1. The maximum absolute atomic E-state index is 12.3. The van der Waals surface area contributed by atoms with E-state index in [0.717, 1.165) is 16.7 Å². The maximum Gasteiger partial charge on any atom is 0.182 e. The Kier molecular flexibility index (Phi) is 3.73. The number of nitrogens with two attached hydrogens (primary N) is 1. The molecule has 1 rings (SSSR count). The Labute approximate surface area is 111 Å². The molecule has 18 heavy (non-hydrogen) atoms. The van der Waals surface area contributed by atoms with Crippen LogP contribution >= 0.6 is 0 Å². The van der Waals surface area contributed by atoms with Crippen molar-refractivity contribution in [3.63, 3.8) is 0 Å². The van der Waals surface area contributed by atoms with Gasteiger partial charge in [0, 0.05) is 5.56 Å². The average Bonchev–Trinajstić information content (AvgIpc) is 2.13. The lowest BCUT2D eigenvalue weighted by Gasteiger charge is -2.24. The molecule has 0 radical (unpaired) electrons. The first-order chi connectivity index (χ1) is 7.94. The first-order valence-corrected chi connectivity index (χ1v) is 6.40. The van der Waals surface area contributed by atoms with Gasteiger partial charge in [0.1, 0.15) is 0 Å². The molecule has 0 aliphatic carbocycles. The summed E-state index contributed by atoms with van der Waals surface area (Å²) in [7, 11) is 0. The molecule has 0 aromatic heterocycles. The number of Topliss-reactive ketones (excluding diaryl/α,β-unsaturated/α-hetero) is 1. The van der Waals surface area contributed by atoms with Gasteiger partial charge in [0.25, 0.3) is 0 Å². The van der Waals surface area contributed by atoms with Crippen LogP contribution in [0.15, 0.2) is 12.1 Å². The highest BCUT2D eigenvalue weighted by molar-refractivity contribution is 6.04. The summed E-state index contributed by atoms with van der Waals surface area (Å²) in [5.41, 5.74) is 9.26. The molecule has 0 bridgehead atoms. The molecule has 100 valence electrons. The lowest BCUT2D eigenvalue weighted by atomic mass is 9.81. The van der Waals surface area contributed by atoms with Gasteiger partial charge < -0.3 is 5.73 Å². The highest BCUT2D eigenvalue weighted by Gasteiger charge is 2.27. The monoisotopic (exact) mass is 247 g/mol. The van der Waals surface area contributed by atoms with Crippen molar-refractivity contribution in [2.24, 2.45) is 5.73 Å². The van der Waals surface area contributed by atoms with Crippen LogP contribution in [0, 0.1) is 13.8 Å². The third kappa shape index (κ3) is 2.99. The van der Waals surface area contributed by atoms with E-state index >= 15 is 0 Å². The smallest absolute Gasteiger partial charge is 0.182 e. The van der Waals surface area contributed by atoms with Crippen LogP contribution in [0.25, 0.3) is 0 Å². The number of hydrogen-bond donors (Lipinski definition) is 1. The number of rotatable bonds is 2. The molecule has 0 atom stereocenters. The maximum atomic E-state index is 12.3. The highest BCUT2D eigenvalue weighted by Crippen LogP contribution is 2.28. The van der Waals surface area contributed by atoms with E-state index in [0.29, 0.717) is 0 Å². The van der Waals surface area contributed by atoms with E-state index in [1.165, 1.54) is 5.56 Å². The van der Waals surface area contributed by atoms with Gasteiger partial charge in [-0.2, -0.15) is 0 Å². The molecule has 0 heterocycles. The van der Waals surface area contributed by atoms with Crippen molar-refractivity contribution in [3.8, 4) is 0 Å². The van der Waals surface area contributed by atoms with E-state index in [1.54, 1.807) is 13.8 Å². The second kappa shape index (κ2) is 4.51. The van der Waals surface area contributed by atoms with Gasteiger partial charge in [0.15, 0.2) is 5.78 Å². The molecule has 1 aromatic carbocycles. The lowest BCUT2D eigenvalue weighted by molar-refractivity contribution is 0.0912. The van der Waals surface area contributed by atoms with Gasteiger partial charge in [-0.3, -0.25) is 4.79 Å². The summed E-state index contributed by atoms with van der Waals surface area (Å²) >= 11 is 0. The van der Waals surface area contributed by atoms with E-state index in [4.69, 9.17) is 5.73 Å². The third-order valence-corrected chi connectivity index (χ3v) is 3.21. The predicted molar refractivity (Wildman–Crippen MR) is 77.2 cm³/mol. The van der Waals surface area contributed by atoms with Crippen LogP contribution < -0.4 is 5.73 Å². The molecule has 0 spiro atoms. The predicted octanol–water partition coefficient (Wildman–Crippen LogP) is 3.52. The normalized spacial score (nSPS) is 12.7. The van der Waals surface area contributed by atoms with Gasteiger partial charge in [0.2, 0.25) is 0 Å². The van der Waals surface area contributed by atoms with Crippen molar-refractivity contribution >= 4 is 5.78 Å². The van der Waals surface area contributed by atoms with Crippen LogP contribution in [0.4, 0.5) is 0 Å². The molecular formula is C16H25NO. The largest absolute Gasteiger partial charge is 0.319 e. The Balaban J connectivity index is 3.39. The number of carbonyl (C=O) groups excluding carboxylic acids is 1. The zero-order chi connectivity index (χ0) is 14.3. The van der Waals surface area contributed by atoms with E-state index in [9.17, 15) is 4.79 Å². The summed E-state index contributed by atoms with van der Waals surface area (Å²) in [6, 6.07) is 4.21. The zero-order valence-electron chi connectivity index (χ0n) is 12.6. The number of ketones is 1. The van der Waals surface area contributed by atoms with Crippen LogP contribution in [-0.4, -0.2) is 11.3 Å². The second-order valence-corrected chi connectivity index (χ2v) is 6.79. The van der Waals surface area contributed by atoms with Gasteiger partial charge >= 0.3 is 0 Å². The zero-order valence-corrected chi connectivity index (χ0v) is 12.6. The van der Waals surface area contributed by atoms with E-state index in [-0.39, 0.29) is 11.2 Å². The molecule has 0 amide bonds. The molecule has 0 aliphatic heterocycles.